The second kappa shape index (κ2) is 11.3. The third kappa shape index (κ3) is 7.08. The standard InChI is InChI=1S/C24H25N3O4/c1-30-20-14-12-18(13-15-20)16-22(24(29)27-26-19-8-4-2-5-9-19)25-23(28)17-31-21-10-6-3-7-11-21/h2-15,22,26H,16-17H2,1H3,(H,25,28)(H,27,29). The molecule has 1 unspecified atom stereocenters. The van der Waals surface area contributed by atoms with Crippen LogP contribution >= 0.6 is 0 Å². The van der Waals surface area contributed by atoms with Crippen LogP contribution in [-0.4, -0.2) is 31.6 Å². The Bertz CT molecular complexity index is 963. The second-order valence-corrected chi connectivity index (χ2v) is 6.75. The lowest BCUT2D eigenvalue weighted by Gasteiger charge is -2.19. The molecule has 0 aromatic heterocycles. The molecule has 31 heavy (non-hydrogen) atoms. The number of hydrogen-bond acceptors (Lipinski definition) is 5. The average molecular weight is 419 g/mol. The number of carbonyl (C=O) groups excluding carboxylic acids is 2. The number of amides is 2. The number of para-hydroxylation sites is 2. The van der Waals surface area contributed by atoms with Gasteiger partial charge in [0.15, 0.2) is 6.61 Å². The first-order valence-corrected chi connectivity index (χ1v) is 9.85. The maximum absolute atomic E-state index is 12.8. The summed E-state index contributed by atoms with van der Waals surface area (Å²) in [6.07, 6.45) is 0.309. The van der Waals surface area contributed by atoms with Gasteiger partial charge in [-0.15, -0.1) is 0 Å². The summed E-state index contributed by atoms with van der Waals surface area (Å²) in [6.45, 7) is -0.192. The van der Waals surface area contributed by atoms with Crippen LogP contribution in [0.15, 0.2) is 84.9 Å². The number of nitrogens with one attached hydrogen (secondary N) is 3. The molecule has 0 heterocycles. The molecule has 2 amide bonds. The lowest BCUT2D eigenvalue weighted by atomic mass is 10.1. The third-order valence-electron chi connectivity index (χ3n) is 4.47. The van der Waals surface area contributed by atoms with E-state index in [2.05, 4.69) is 16.2 Å². The van der Waals surface area contributed by atoms with Crippen molar-refractivity contribution in [2.45, 2.75) is 12.5 Å². The Morgan fingerprint density at radius 3 is 2.13 bits per heavy atom. The van der Waals surface area contributed by atoms with Crippen LogP contribution in [-0.2, 0) is 16.0 Å². The average Bonchev–Trinajstić information content (AvgIpc) is 2.82. The molecule has 0 saturated carbocycles. The van der Waals surface area contributed by atoms with Crippen LogP contribution in [0, 0.1) is 0 Å². The summed E-state index contributed by atoms with van der Waals surface area (Å²) in [4.78, 5) is 25.2. The maximum Gasteiger partial charge on any atom is 0.261 e. The first kappa shape index (κ1) is 21.7. The Morgan fingerprint density at radius 2 is 1.48 bits per heavy atom. The van der Waals surface area contributed by atoms with Crippen molar-refractivity contribution in [3.05, 3.63) is 90.5 Å². The first-order valence-electron chi connectivity index (χ1n) is 9.85. The molecule has 3 aromatic carbocycles. The summed E-state index contributed by atoms with van der Waals surface area (Å²) in [5, 5.41) is 2.75. The van der Waals surface area contributed by atoms with Crippen LogP contribution in [0.5, 0.6) is 11.5 Å². The fraction of sp³-hybridized carbons (Fsp3) is 0.167. The van der Waals surface area contributed by atoms with Crippen molar-refractivity contribution in [3.8, 4) is 11.5 Å². The van der Waals surface area contributed by atoms with E-state index in [4.69, 9.17) is 9.47 Å². The molecule has 1 atom stereocenters. The zero-order valence-corrected chi connectivity index (χ0v) is 17.2. The number of benzene rings is 3. The van der Waals surface area contributed by atoms with E-state index in [0.717, 1.165) is 17.0 Å². The topological polar surface area (TPSA) is 88.7 Å². The van der Waals surface area contributed by atoms with Crippen LogP contribution in [0.25, 0.3) is 0 Å². The number of hydrazine groups is 1. The smallest absolute Gasteiger partial charge is 0.261 e. The van der Waals surface area contributed by atoms with E-state index in [9.17, 15) is 9.59 Å². The van der Waals surface area contributed by atoms with E-state index in [0.29, 0.717) is 12.2 Å². The monoisotopic (exact) mass is 419 g/mol. The van der Waals surface area contributed by atoms with Crippen molar-refractivity contribution in [1.82, 2.24) is 10.7 Å². The Labute approximate surface area is 181 Å². The molecule has 3 N–H and O–H groups in total. The summed E-state index contributed by atoms with van der Waals surface area (Å²) in [5.74, 6) is 0.542. The zero-order chi connectivity index (χ0) is 21.9. The lowest BCUT2D eigenvalue weighted by molar-refractivity contribution is -0.129. The number of methoxy groups -OCH3 is 1. The van der Waals surface area contributed by atoms with Crippen molar-refractivity contribution in [3.63, 3.8) is 0 Å². The predicted octanol–water partition coefficient (Wildman–Crippen LogP) is 2.94. The molecular weight excluding hydrogens is 394 g/mol. The molecule has 0 aliphatic rings. The molecule has 0 spiro atoms. The maximum atomic E-state index is 12.8. The van der Waals surface area contributed by atoms with Crippen molar-refractivity contribution >= 4 is 17.5 Å². The molecular formula is C24H25N3O4. The molecule has 0 saturated heterocycles. The van der Waals surface area contributed by atoms with E-state index in [1.807, 2.05) is 72.8 Å². The van der Waals surface area contributed by atoms with Crippen LogP contribution < -0.4 is 25.6 Å². The van der Waals surface area contributed by atoms with Gasteiger partial charge in [0, 0.05) is 6.42 Å². The number of rotatable bonds is 10. The molecule has 0 radical (unpaired) electrons. The highest BCUT2D eigenvalue weighted by Gasteiger charge is 2.21. The third-order valence-corrected chi connectivity index (χ3v) is 4.47. The highest BCUT2D eigenvalue weighted by atomic mass is 16.5. The molecule has 160 valence electrons. The summed E-state index contributed by atoms with van der Waals surface area (Å²) < 4.78 is 10.7. The Balaban J connectivity index is 1.63. The van der Waals surface area contributed by atoms with E-state index in [1.165, 1.54) is 0 Å². The van der Waals surface area contributed by atoms with Crippen molar-refractivity contribution in [2.75, 3.05) is 19.1 Å². The minimum Gasteiger partial charge on any atom is -0.497 e. The molecule has 7 nitrogen and oxygen atoms in total. The second-order valence-electron chi connectivity index (χ2n) is 6.75. The van der Waals surface area contributed by atoms with Crippen molar-refractivity contribution < 1.29 is 19.1 Å². The van der Waals surface area contributed by atoms with Gasteiger partial charge in [-0.2, -0.15) is 0 Å². The van der Waals surface area contributed by atoms with Crippen LogP contribution in [0.4, 0.5) is 5.69 Å². The van der Waals surface area contributed by atoms with Crippen LogP contribution in [0.2, 0.25) is 0 Å². The van der Waals surface area contributed by atoms with E-state index >= 15 is 0 Å². The minimum atomic E-state index is -0.795. The van der Waals surface area contributed by atoms with Gasteiger partial charge in [0.05, 0.1) is 12.8 Å². The van der Waals surface area contributed by atoms with E-state index in [1.54, 1.807) is 19.2 Å². The summed E-state index contributed by atoms with van der Waals surface area (Å²) >= 11 is 0. The first-order chi connectivity index (χ1) is 15.1. The minimum absolute atomic E-state index is 0.192. The highest BCUT2D eigenvalue weighted by molar-refractivity contribution is 5.89. The fourth-order valence-electron chi connectivity index (χ4n) is 2.85. The van der Waals surface area contributed by atoms with E-state index < -0.39 is 11.9 Å². The van der Waals surface area contributed by atoms with Crippen LogP contribution in [0.1, 0.15) is 5.56 Å². The van der Waals surface area contributed by atoms with Gasteiger partial charge in [-0.3, -0.25) is 20.4 Å². The molecule has 3 rings (SSSR count). The molecule has 0 aliphatic heterocycles. The van der Waals surface area contributed by atoms with Crippen molar-refractivity contribution in [1.29, 1.82) is 0 Å². The lowest BCUT2D eigenvalue weighted by Crippen LogP contribution is -2.50. The van der Waals surface area contributed by atoms with Gasteiger partial charge in [0.25, 0.3) is 11.8 Å². The molecule has 0 fully saturated rings. The fourth-order valence-corrected chi connectivity index (χ4v) is 2.85. The number of ether oxygens (including phenoxy) is 2. The van der Waals surface area contributed by atoms with E-state index in [-0.39, 0.29) is 12.5 Å². The Hall–Kier alpha value is -4.00. The van der Waals surface area contributed by atoms with Crippen molar-refractivity contribution in [2.24, 2.45) is 0 Å². The number of anilines is 1. The quantitative estimate of drug-likeness (QED) is 0.440. The van der Waals surface area contributed by atoms with Gasteiger partial charge in [-0.05, 0) is 42.0 Å². The van der Waals surface area contributed by atoms with Gasteiger partial charge < -0.3 is 14.8 Å². The molecule has 3 aromatic rings. The summed E-state index contributed by atoms with van der Waals surface area (Å²) in [5.41, 5.74) is 7.12. The van der Waals surface area contributed by atoms with Gasteiger partial charge in [0.2, 0.25) is 0 Å². The van der Waals surface area contributed by atoms with Gasteiger partial charge in [0.1, 0.15) is 17.5 Å². The Morgan fingerprint density at radius 1 is 0.839 bits per heavy atom. The zero-order valence-electron chi connectivity index (χ0n) is 17.2. The number of hydrogen-bond donors (Lipinski definition) is 3. The summed E-state index contributed by atoms with van der Waals surface area (Å²) in [7, 11) is 1.59. The summed E-state index contributed by atoms with van der Waals surface area (Å²) in [6, 6.07) is 24.8. The van der Waals surface area contributed by atoms with Gasteiger partial charge in [-0.25, -0.2) is 0 Å². The Kier molecular flexibility index (Phi) is 7.88. The molecule has 0 bridgehead atoms. The highest BCUT2D eigenvalue weighted by Crippen LogP contribution is 2.13. The van der Waals surface area contributed by atoms with Crippen LogP contribution in [0.3, 0.4) is 0 Å². The largest absolute Gasteiger partial charge is 0.497 e. The molecule has 7 heteroatoms. The van der Waals surface area contributed by atoms with Gasteiger partial charge >= 0.3 is 0 Å². The SMILES string of the molecule is COc1ccc(CC(NC(=O)COc2ccccc2)C(=O)NNc2ccccc2)cc1. The normalized spacial score (nSPS) is 11.1. The molecule has 0 aliphatic carbocycles. The predicted molar refractivity (Wildman–Crippen MR) is 119 cm³/mol. The number of carbonyl (C=O) groups is 2. The van der Waals surface area contributed by atoms with Gasteiger partial charge in [-0.1, -0.05) is 48.5 Å².